The summed E-state index contributed by atoms with van der Waals surface area (Å²) in [5, 5.41) is 15.0. The van der Waals surface area contributed by atoms with Gasteiger partial charge in [-0.15, -0.1) is 0 Å². The van der Waals surface area contributed by atoms with Gasteiger partial charge in [0.15, 0.2) is 23.2 Å². The van der Waals surface area contributed by atoms with Gasteiger partial charge in [-0.25, -0.2) is 0 Å². The van der Waals surface area contributed by atoms with Crippen molar-refractivity contribution in [1.82, 2.24) is 0 Å². The number of carbonyl (C=O) groups is 2. The number of hydrogen-bond acceptors (Lipinski definition) is 7. The van der Waals surface area contributed by atoms with Crippen molar-refractivity contribution in [2.24, 2.45) is 11.8 Å². The second-order valence-corrected chi connectivity index (χ2v) is 10.3. The van der Waals surface area contributed by atoms with E-state index in [2.05, 4.69) is 5.32 Å². The van der Waals surface area contributed by atoms with Gasteiger partial charge in [0.1, 0.15) is 12.0 Å². The van der Waals surface area contributed by atoms with E-state index in [1.54, 1.807) is 60.7 Å². The number of ether oxygens (including phenoxy) is 4. The Kier molecular flexibility index (Phi) is 5.00. The Bertz CT molecular complexity index is 1480. The van der Waals surface area contributed by atoms with Crippen molar-refractivity contribution in [1.29, 1.82) is 0 Å². The number of aliphatic hydroxyl groups excluding tert-OH is 1. The predicted molar refractivity (Wildman–Crippen MR) is 131 cm³/mol. The Morgan fingerprint density at radius 3 is 2.57 bits per heavy atom. The lowest BCUT2D eigenvalue weighted by Crippen LogP contribution is -2.43. The standard InChI is InChI=1S/C27H19Cl2NO7/c28-16-7-5-12(9-17(16)29)22-20(25(32)30-13-6-8-18-19(10-13)35-11-34-18)21-26(33)36-24-15-4-2-1-3-14(15)23(31)27(21,24)37-22/h1-10,20-24,31H,11H2,(H,30,32)/t20-,21?,22?,23?,24+,27?/m1/s1. The van der Waals surface area contributed by atoms with Crippen LogP contribution in [0.15, 0.2) is 60.7 Å². The van der Waals surface area contributed by atoms with Crippen LogP contribution in [0.2, 0.25) is 10.0 Å². The zero-order valence-electron chi connectivity index (χ0n) is 19.0. The number of anilines is 1. The number of aliphatic hydroxyl groups is 1. The molecule has 3 heterocycles. The minimum absolute atomic E-state index is 0.0961. The maximum absolute atomic E-state index is 13.9. The Hall–Kier alpha value is -3.30. The number of esters is 1. The minimum atomic E-state index is -1.48. The molecule has 3 aliphatic heterocycles. The molecule has 6 atom stereocenters. The summed E-state index contributed by atoms with van der Waals surface area (Å²) < 4.78 is 23.1. The number of hydrogen-bond donors (Lipinski definition) is 2. The topological polar surface area (TPSA) is 103 Å². The molecule has 7 rings (SSSR count). The lowest BCUT2D eigenvalue weighted by Gasteiger charge is -2.30. The highest BCUT2D eigenvalue weighted by molar-refractivity contribution is 6.42. The van der Waals surface area contributed by atoms with Gasteiger partial charge in [-0.2, -0.15) is 0 Å². The van der Waals surface area contributed by atoms with Crippen molar-refractivity contribution < 1.29 is 33.6 Å². The van der Waals surface area contributed by atoms with Crippen LogP contribution in [0, 0.1) is 11.8 Å². The number of benzene rings is 3. The van der Waals surface area contributed by atoms with Gasteiger partial charge in [0.25, 0.3) is 0 Å². The molecule has 4 unspecified atom stereocenters. The van der Waals surface area contributed by atoms with Crippen LogP contribution < -0.4 is 14.8 Å². The molecule has 1 aliphatic carbocycles. The van der Waals surface area contributed by atoms with Crippen LogP contribution >= 0.6 is 23.2 Å². The van der Waals surface area contributed by atoms with Gasteiger partial charge in [-0.3, -0.25) is 9.59 Å². The number of nitrogens with one attached hydrogen (secondary N) is 1. The molecule has 3 aromatic carbocycles. The monoisotopic (exact) mass is 539 g/mol. The van der Waals surface area contributed by atoms with E-state index in [4.69, 9.17) is 42.1 Å². The van der Waals surface area contributed by atoms with Crippen LogP contribution in [0.1, 0.15) is 35.0 Å². The zero-order chi connectivity index (χ0) is 25.5. The number of fused-ring (bicyclic) bond motifs is 3. The van der Waals surface area contributed by atoms with Crippen molar-refractivity contribution in [3.8, 4) is 11.5 Å². The van der Waals surface area contributed by atoms with Crippen molar-refractivity contribution in [2.45, 2.75) is 23.9 Å². The summed E-state index contributed by atoms with van der Waals surface area (Å²) >= 11 is 12.5. The van der Waals surface area contributed by atoms with Crippen molar-refractivity contribution in [3.05, 3.63) is 87.4 Å². The molecule has 0 radical (unpaired) electrons. The molecule has 37 heavy (non-hydrogen) atoms. The molecule has 2 saturated heterocycles. The average Bonchev–Trinajstić information content (AvgIpc) is 3.62. The molecular formula is C27H19Cl2NO7. The van der Waals surface area contributed by atoms with Gasteiger partial charge in [0.2, 0.25) is 12.7 Å². The predicted octanol–water partition coefficient (Wildman–Crippen LogP) is 4.75. The zero-order valence-corrected chi connectivity index (χ0v) is 20.5. The summed E-state index contributed by atoms with van der Waals surface area (Å²) in [7, 11) is 0. The van der Waals surface area contributed by atoms with E-state index >= 15 is 0 Å². The third kappa shape index (κ3) is 3.16. The molecule has 2 N–H and O–H groups in total. The third-order valence-electron chi connectivity index (χ3n) is 7.62. The molecule has 3 aromatic rings. The van der Waals surface area contributed by atoms with E-state index in [9.17, 15) is 14.7 Å². The molecule has 4 aliphatic rings. The van der Waals surface area contributed by atoms with E-state index in [-0.39, 0.29) is 11.8 Å². The Morgan fingerprint density at radius 2 is 1.76 bits per heavy atom. The van der Waals surface area contributed by atoms with E-state index in [1.807, 2.05) is 0 Å². The van der Waals surface area contributed by atoms with Crippen molar-refractivity contribution >= 4 is 40.8 Å². The van der Waals surface area contributed by atoms with E-state index < -0.39 is 47.6 Å². The van der Waals surface area contributed by atoms with E-state index in [0.717, 1.165) is 0 Å². The Morgan fingerprint density at radius 1 is 0.973 bits per heavy atom. The minimum Gasteiger partial charge on any atom is -0.454 e. The molecule has 8 nitrogen and oxygen atoms in total. The van der Waals surface area contributed by atoms with Gasteiger partial charge >= 0.3 is 5.97 Å². The normalized spacial score (nSPS) is 30.5. The fourth-order valence-corrected chi connectivity index (χ4v) is 6.35. The first-order valence-corrected chi connectivity index (χ1v) is 12.4. The molecule has 0 aromatic heterocycles. The van der Waals surface area contributed by atoms with Crippen LogP contribution in [0.3, 0.4) is 0 Å². The molecule has 2 fully saturated rings. The summed E-state index contributed by atoms with van der Waals surface area (Å²) in [5.41, 5.74) is 0.805. The van der Waals surface area contributed by atoms with Crippen LogP contribution in [-0.4, -0.2) is 29.4 Å². The highest BCUT2D eigenvalue weighted by Crippen LogP contribution is 2.67. The van der Waals surface area contributed by atoms with Crippen molar-refractivity contribution in [2.75, 3.05) is 12.1 Å². The van der Waals surface area contributed by atoms with Gasteiger partial charge < -0.3 is 29.4 Å². The van der Waals surface area contributed by atoms with Crippen LogP contribution in [-0.2, 0) is 19.1 Å². The SMILES string of the molecule is O=C1O[C@H]2c3ccccc3C(O)C23OC(c2ccc(Cl)c(Cl)c2)[C@H](C(=O)Nc2ccc4c(c2)OCO4)C13. The first-order chi connectivity index (χ1) is 17.9. The maximum atomic E-state index is 13.9. The van der Waals surface area contributed by atoms with Crippen molar-refractivity contribution in [3.63, 3.8) is 0 Å². The number of halogens is 2. The number of carbonyl (C=O) groups excluding carboxylic acids is 2. The fourth-order valence-electron chi connectivity index (χ4n) is 6.04. The Labute approximate surface area is 221 Å². The number of rotatable bonds is 3. The fraction of sp³-hybridized carbons (Fsp3) is 0.259. The van der Waals surface area contributed by atoms with E-state index in [0.29, 0.717) is 38.9 Å². The molecule has 10 heteroatoms. The maximum Gasteiger partial charge on any atom is 0.313 e. The molecule has 188 valence electrons. The first-order valence-electron chi connectivity index (χ1n) is 11.7. The highest BCUT2D eigenvalue weighted by Gasteiger charge is 2.75. The second kappa shape index (κ2) is 8.10. The van der Waals surface area contributed by atoms with E-state index in [1.165, 1.54) is 0 Å². The summed E-state index contributed by atoms with van der Waals surface area (Å²) in [6, 6.07) is 17.1. The third-order valence-corrected chi connectivity index (χ3v) is 8.35. The summed E-state index contributed by atoms with van der Waals surface area (Å²) in [4.78, 5) is 27.3. The van der Waals surface area contributed by atoms with Crippen LogP contribution in [0.5, 0.6) is 11.5 Å². The first kappa shape index (κ1) is 22.9. The summed E-state index contributed by atoms with van der Waals surface area (Å²) in [6.45, 7) is 0.0961. The van der Waals surface area contributed by atoms with Crippen LogP contribution in [0.4, 0.5) is 5.69 Å². The molecule has 0 bridgehead atoms. The van der Waals surface area contributed by atoms with Gasteiger partial charge in [0, 0.05) is 17.3 Å². The lowest BCUT2D eigenvalue weighted by molar-refractivity contribution is -0.161. The van der Waals surface area contributed by atoms with Crippen LogP contribution in [0.25, 0.3) is 0 Å². The summed E-state index contributed by atoms with van der Waals surface area (Å²) in [6.07, 6.45) is -2.95. The lowest BCUT2D eigenvalue weighted by atomic mass is 9.76. The van der Waals surface area contributed by atoms with Gasteiger partial charge in [-0.1, -0.05) is 53.5 Å². The number of amides is 1. The Balaban J connectivity index is 1.32. The molecular weight excluding hydrogens is 521 g/mol. The van der Waals surface area contributed by atoms with Gasteiger partial charge in [0.05, 0.1) is 22.1 Å². The average molecular weight is 540 g/mol. The quantitative estimate of drug-likeness (QED) is 0.463. The highest BCUT2D eigenvalue weighted by atomic mass is 35.5. The molecule has 0 saturated carbocycles. The second-order valence-electron chi connectivity index (χ2n) is 9.47. The molecule has 1 spiro atoms. The summed E-state index contributed by atoms with van der Waals surface area (Å²) in [5.74, 6) is -2.12. The largest absolute Gasteiger partial charge is 0.454 e. The van der Waals surface area contributed by atoms with Gasteiger partial charge in [-0.05, 0) is 35.4 Å². The smallest absolute Gasteiger partial charge is 0.313 e. The molecule has 1 amide bonds.